The molecule has 0 bridgehead atoms. The van der Waals surface area contributed by atoms with E-state index >= 15 is 0 Å². The molecule has 0 radical (unpaired) electrons. The second-order valence-electron chi connectivity index (χ2n) is 7.69. The van der Waals surface area contributed by atoms with Crippen LogP contribution in [-0.2, 0) is 4.74 Å². The standard InChI is InChI=1S/C23H27NO3/c1-26-21-8-3-2-7-20(21)18-5-4-6-19(17-18)22(25)24-13-9-23(10-14-24)11-15-27-16-12-23/h2-8,17H,9-16H2,1H3. The SMILES string of the molecule is COc1ccccc1-c1cccc(C(=O)N2CCC3(CCOCC3)CC2)c1. The molecular formula is C23H27NO3. The molecule has 2 saturated heterocycles. The molecular weight excluding hydrogens is 338 g/mol. The lowest BCUT2D eigenvalue weighted by Gasteiger charge is -2.44. The summed E-state index contributed by atoms with van der Waals surface area (Å²) in [7, 11) is 1.67. The van der Waals surface area contributed by atoms with E-state index in [-0.39, 0.29) is 5.91 Å². The van der Waals surface area contributed by atoms with Gasteiger partial charge in [0.2, 0.25) is 0 Å². The third-order valence-corrected chi connectivity index (χ3v) is 6.19. The minimum atomic E-state index is 0.133. The highest BCUT2D eigenvalue weighted by atomic mass is 16.5. The zero-order valence-corrected chi connectivity index (χ0v) is 15.9. The van der Waals surface area contributed by atoms with Crippen LogP contribution in [0.2, 0.25) is 0 Å². The molecule has 0 saturated carbocycles. The third kappa shape index (κ3) is 3.72. The van der Waals surface area contributed by atoms with Crippen LogP contribution in [0, 0.1) is 5.41 Å². The molecule has 2 aliphatic heterocycles. The summed E-state index contributed by atoms with van der Waals surface area (Å²) < 4.78 is 11.0. The van der Waals surface area contributed by atoms with Crippen molar-refractivity contribution in [2.45, 2.75) is 25.7 Å². The first-order valence-corrected chi connectivity index (χ1v) is 9.81. The molecule has 1 amide bonds. The van der Waals surface area contributed by atoms with Crippen LogP contribution < -0.4 is 4.74 Å². The summed E-state index contributed by atoms with van der Waals surface area (Å²) in [6, 6.07) is 15.8. The van der Waals surface area contributed by atoms with Crippen molar-refractivity contribution >= 4 is 5.91 Å². The number of hydrogen-bond acceptors (Lipinski definition) is 3. The Hall–Kier alpha value is -2.33. The molecule has 2 aromatic rings. The fourth-order valence-electron chi connectivity index (χ4n) is 4.37. The average molecular weight is 365 g/mol. The molecule has 4 nitrogen and oxygen atoms in total. The largest absolute Gasteiger partial charge is 0.496 e. The van der Waals surface area contributed by atoms with Gasteiger partial charge in [-0.2, -0.15) is 0 Å². The van der Waals surface area contributed by atoms with Gasteiger partial charge >= 0.3 is 0 Å². The predicted octanol–water partition coefficient (Wildman–Crippen LogP) is 4.40. The Bertz CT molecular complexity index is 801. The summed E-state index contributed by atoms with van der Waals surface area (Å²) in [6.45, 7) is 3.43. The molecule has 27 heavy (non-hydrogen) atoms. The highest BCUT2D eigenvalue weighted by molar-refractivity contribution is 5.95. The first-order chi connectivity index (χ1) is 13.2. The van der Waals surface area contributed by atoms with Crippen LogP contribution in [0.15, 0.2) is 48.5 Å². The Kier molecular flexibility index (Phi) is 5.17. The molecule has 0 atom stereocenters. The van der Waals surface area contributed by atoms with Crippen LogP contribution in [-0.4, -0.2) is 44.2 Å². The fraction of sp³-hybridized carbons (Fsp3) is 0.435. The normalized spacial score (nSPS) is 19.1. The number of para-hydroxylation sites is 1. The minimum absolute atomic E-state index is 0.133. The molecule has 0 N–H and O–H groups in total. The topological polar surface area (TPSA) is 38.8 Å². The molecule has 2 heterocycles. The Morgan fingerprint density at radius 2 is 1.74 bits per heavy atom. The molecule has 0 aromatic heterocycles. The molecule has 4 rings (SSSR count). The second-order valence-corrected chi connectivity index (χ2v) is 7.69. The minimum Gasteiger partial charge on any atom is -0.496 e. The maximum absolute atomic E-state index is 13.1. The van der Waals surface area contributed by atoms with Crippen LogP contribution in [0.25, 0.3) is 11.1 Å². The van der Waals surface area contributed by atoms with Crippen molar-refractivity contribution in [3.05, 3.63) is 54.1 Å². The fourth-order valence-corrected chi connectivity index (χ4v) is 4.37. The summed E-state index contributed by atoms with van der Waals surface area (Å²) in [5, 5.41) is 0. The smallest absolute Gasteiger partial charge is 0.253 e. The van der Waals surface area contributed by atoms with Gasteiger partial charge in [0.1, 0.15) is 5.75 Å². The monoisotopic (exact) mass is 365 g/mol. The zero-order valence-electron chi connectivity index (χ0n) is 15.9. The number of rotatable bonds is 3. The van der Waals surface area contributed by atoms with Crippen molar-refractivity contribution in [3.8, 4) is 16.9 Å². The van der Waals surface area contributed by atoms with Crippen molar-refractivity contribution in [3.63, 3.8) is 0 Å². The van der Waals surface area contributed by atoms with E-state index in [2.05, 4.69) is 0 Å². The van der Waals surface area contributed by atoms with Crippen molar-refractivity contribution in [1.29, 1.82) is 0 Å². The number of methoxy groups -OCH3 is 1. The van der Waals surface area contributed by atoms with E-state index in [1.54, 1.807) is 7.11 Å². The quantitative estimate of drug-likeness (QED) is 0.809. The summed E-state index contributed by atoms with van der Waals surface area (Å²) in [5.41, 5.74) is 3.17. The molecule has 2 aliphatic rings. The van der Waals surface area contributed by atoms with Crippen molar-refractivity contribution in [2.75, 3.05) is 33.4 Å². The molecule has 142 valence electrons. The van der Waals surface area contributed by atoms with E-state index in [0.717, 1.165) is 74.4 Å². The average Bonchev–Trinajstić information content (AvgIpc) is 2.74. The summed E-state index contributed by atoms with van der Waals surface area (Å²) in [4.78, 5) is 15.1. The highest BCUT2D eigenvalue weighted by Crippen LogP contribution is 2.41. The van der Waals surface area contributed by atoms with Gasteiger partial charge in [0, 0.05) is 37.4 Å². The molecule has 2 fully saturated rings. The van der Waals surface area contributed by atoms with Gasteiger partial charge in [-0.3, -0.25) is 4.79 Å². The number of piperidine rings is 1. The van der Waals surface area contributed by atoms with Crippen LogP contribution in [0.3, 0.4) is 0 Å². The Labute approximate surface area is 161 Å². The third-order valence-electron chi connectivity index (χ3n) is 6.19. The number of ether oxygens (including phenoxy) is 2. The van der Waals surface area contributed by atoms with Crippen LogP contribution >= 0.6 is 0 Å². The Morgan fingerprint density at radius 1 is 1.00 bits per heavy atom. The van der Waals surface area contributed by atoms with E-state index in [9.17, 15) is 4.79 Å². The van der Waals surface area contributed by atoms with Crippen molar-refractivity contribution in [1.82, 2.24) is 4.90 Å². The number of hydrogen-bond donors (Lipinski definition) is 0. The number of carbonyl (C=O) groups is 1. The molecule has 2 aromatic carbocycles. The molecule has 4 heteroatoms. The molecule has 0 unspecified atom stereocenters. The van der Waals surface area contributed by atoms with E-state index in [4.69, 9.17) is 9.47 Å². The number of likely N-dealkylation sites (tertiary alicyclic amines) is 1. The zero-order chi connectivity index (χ0) is 18.7. The van der Waals surface area contributed by atoms with Gasteiger partial charge in [0.15, 0.2) is 0 Å². The lowest BCUT2D eigenvalue weighted by molar-refractivity contribution is -0.0175. The van der Waals surface area contributed by atoms with Gasteiger partial charge in [-0.15, -0.1) is 0 Å². The second kappa shape index (κ2) is 7.73. The number of carbonyl (C=O) groups excluding carboxylic acids is 1. The number of amides is 1. The van der Waals surface area contributed by atoms with E-state index in [1.165, 1.54) is 0 Å². The van der Waals surface area contributed by atoms with E-state index in [1.807, 2.05) is 53.4 Å². The molecule has 0 aliphatic carbocycles. The molecule has 1 spiro atoms. The number of nitrogens with zero attached hydrogens (tertiary/aromatic N) is 1. The van der Waals surface area contributed by atoms with Gasteiger partial charge in [-0.1, -0.05) is 30.3 Å². The predicted molar refractivity (Wildman–Crippen MR) is 106 cm³/mol. The summed E-state index contributed by atoms with van der Waals surface area (Å²) in [6.07, 6.45) is 4.46. The van der Waals surface area contributed by atoms with Crippen LogP contribution in [0.4, 0.5) is 0 Å². The first kappa shape index (κ1) is 18.1. The lowest BCUT2D eigenvalue weighted by Crippen LogP contribution is -2.45. The van der Waals surface area contributed by atoms with Crippen molar-refractivity contribution < 1.29 is 14.3 Å². The van der Waals surface area contributed by atoms with Gasteiger partial charge in [0.05, 0.1) is 7.11 Å². The Morgan fingerprint density at radius 3 is 2.48 bits per heavy atom. The Balaban J connectivity index is 1.50. The van der Waals surface area contributed by atoms with Gasteiger partial charge < -0.3 is 14.4 Å². The van der Waals surface area contributed by atoms with Gasteiger partial charge in [0.25, 0.3) is 5.91 Å². The summed E-state index contributed by atoms with van der Waals surface area (Å²) >= 11 is 0. The number of benzene rings is 2. The van der Waals surface area contributed by atoms with Crippen molar-refractivity contribution in [2.24, 2.45) is 5.41 Å². The lowest BCUT2D eigenvalue weighted by atomic mass is 9.72. The van der Waals surface area contributed by atoms with E-state index in [0.29, 0.717) is 5.41 Å². The van der Waals surface area contributed by atoms with Crippen LogP contribution in [0.1, 0.15) is 36.0 Å². The van der Waals surface area contributed by atoms with Gasteiger partial charge in [-0.25, -0.2) is 0 Å². The highest BCUT2D eigenvalue weighted by Gasteiger charge is 2.37. The first-order valence-electron chi connectivity index (χ1n) is 9.81. The van der Waals surface area contributed by atoms with E-state index < -0.39 is 0 Å². The maximum atomic E-state index is 13.1. The maximum Gasteiger partial charge on any atom is 0.253 e. The van der Waals surface area contributed by atoms with Gasteiger partial charge in [-0.05, 0) is 54.9 Å². The summed E-state index contributed by atoms with van der Waals surface area (Å²) in [5.74, 6) is 0.954. The van der Waals surface area contributed by atoms with Crippen LogP contribution in [0.5, 0.6) is 5.75 Å².